The maximum Gasteiger partial charge on any atom is 0.244 e. The van der Waals surface area contributed by atoms with Crippen molar-refractivity contribution >= 4 is 39.1 Å². The van der Waals surface area contributed by atoms with Gasteiger partial charge >= 0.3 is 0 Å². The number of amides is 2. The predicted octanol–water partition coefficient (Wildman–Crippen LogP) is 3.84. The van der Waals surface area contributed by atoms with Gasteiger partial charge in [-0.05, 0) is 69.2 Å². The minimum atomic E-state index is -3.80. The third-order valence-electron chi connectivity index (χ3n) is 5.16. The topological polar surface area (TPSA) is 96.0 Å². The summed E-state index contributed by atoms with van der Waals surface area (Å²) in [5.41, 5.74) is 0.549. The molecule has 2 aromatic rings. The molecule has 0 saturated carbocycles. The van der Waals surface area contributed by atoms with Crippen LogP contribution in [0.5, 0.6) is 5.75 Å². The number of benzene rings is 2. The van der Waals surface area contributed by atoms with Crippen LogP contribution < -0.4 is 14.4 Å². The first-order chi connectivity index (χ1) is 16.2. The third-order valence-corrected chi connectivity index (χ3v) is 6.56. The minimum absolute atomic E-state index is 0.102. The van der Waals surface area contributed by atoms with Gasteiger partial charge in [-0.1, -0.05) is 30.7 Å². The van der Waals surface area contributed by atoms with E-state index in [9.17, 15) is 18.0 Å². The van der Waals surface area contributed by atoms with E-state index in [1.807, 2.05) is 33.8 Å². The average Bonchev–Trinajstić information content (AvgIpc) is 2.76. The van der Waals surface area contributed by atoms with Gasteiger partial charge in [-0.15, -0.1) is 0 Å². The number of ether oxygens (including phenoxy) is 1. The van der Waals surface area contributed by atoms with Gasteiger partial charge in [0.2, 0.25) is 21.8 Å². The highest BCUT2D eigenvalue weighted by Gasteiger charge is 2.33. The summed E-state index contributed by atoms with van der Waals surface area (Å²) in [6, 6.07) is 12.6. The lowest BCUT2D eigenvalue weighted by Crippen LogP contribution is -2.55. The van der Waals surface area contributed by atoms with Gasteiger partial charge in [0.1, 0.15) is 18.3 Å². The van der Waals surface area contributed by atoms with Crippen LogP contribution in [-0.4, -0.2) is 56.6 Å². The molecule has 0 aliphatic carbocycles. The van der Waals surface area contributed by atoms with Gasteiger partial charge in [0.15, 0.2) is 0 Å². The summed E-state index contributed by atoms with van der Waals surface area (Å²) in [5, 5.41) is 3.37. The molecule has 0 aromatic heterocycles. The number of halogens is 1. The molecule has 0 fully saturated rings. The molecule has 35 heavy (non-hydrogen) atoms. The van der Waals surface area contributed by atoms with Crippen LogP contribution >= 0.6 is 11.6 Å². The molecule has 0 spiro atoms. The van der Waals surface area contributed by atoms with Crippen molar-refractivity contribution in [3.05, 3.63) is 59.1 Å². The lowest BCUT2D eigenvalue weighted by Gasteiger charge is -2.34. The number of sulfonamides is 1. The van der Waals surface area contributed by atoms with Crippen molar-refractivity contribution in [3.63, 3.8) is 0 Å². The summed E-state index contributed by atoms with van der Waals surface area (Å²) < 4.78 is 31.5. The number of carbonyl (C=O) groups excluding carboxylic acids is 2. The largest absolute Gasteiger partial charge is 0.497 e. The first kappa shape index (κ1) is 28.5. The number of carbonyl (C=O) groups is 2. The second kappa shape index (κ2) is 11.8. The number of methoxy groups -OCH3 is 1. The molecule has 2 amide bonds. The quantitative estimate of drug-likeness (QED) is 0.510. The maximum absolute atomic E-state index is 13.7. The second-order valence-corrected chi connectivity index (χ2v) is 11.6. The number of nitrogens with zero attached hydrogens (tertiary/aromatic N) is 2. The van der Waals surface area contributed by atoms with Crippen LogP contribution in [0.2, 0.25) is 5.02 Å². The Morgan fingerprint density at radius 1 is 1.11 bits per heavy atom. The fourth-order valence-electron chi connectivity index (χ4n) is 3.56. The van der Waals surface area contributed by atoms with Crippen molar-refractivity contribution in [1.29, 1.82) is 0 Å². The van der Waals surface area contributed by atoms with Crippen molar-refractivity contribution in [2.24, 2.45) is 0 Å². The number of hydrogen-bond acceptors (Lipinski definition) is 5. The fourth-order valence-corrected chi connectivity index (χ4v) is 4.54. The van der Waals surface area contributed by atoms with E-state index in [1.54, 1.807) is 37.4 Å². The smallest absolute Gasteiger partial charge is 0.244 e. The molecule has 0 heterocycles. The summed E-state index contributed by atoms with van der Waals surface area (Å²) in [5.74, 6) is -0.209. The summed E-state index contributed by atoms with van der Waals surface area (Å²) in [7, 11) is -2.26. The molecule has 0 unspecified atom stereocenters. The summed E-state index contributed by atoms with van der Waals surface area (Å²) >= 11 is 5.95. The summed E-state index contributed by atoms with van der Waals surface area (Å²) in [4.78, 5) is 28.2. The van der Waals surface area contributed by atoms with Crippen molar-refractivity contribution in [1.82, 2.24) is 10.2 Å². The lowest BCUT2D eigenvalue weighted by atomic mass is 10.1. The third kappa shape index (κ3) is 8.43. The zero-order valence-electron chi connectivity index (χ0n) is 21.0. The zero-order valence-corrected chi connectivity index (χ0v) is 22.6. The Morgan fingerprint density at radius 2 is 1.74 bits per heavy atom. The van der Waals surface area contributed by atoms with Gasteiger partial charge in [0.05, 0.1) is 19.1 Å². The normalized spacial score (nSPS) is 12.5. The molecule has 8 nitrogen and oxygen atoms in total. The van der Waals surface area contributed by atoms with Gasteiger partial charge in [0, 0.05) is 17.1 Å². The molecule has 1 atom stereocenters. The minimum Gasteiger partial charge on any atom is -0.497 e. The van der Waals surface area contributed by atoms with Gasteiger partial charge < -0.3 is 15.0 Å². The summed E-state index contributed by atoms with van der Waals surface area (Å²) in [6.07, 6.45) is 1.38. The Hall–Kier alpha value is -2.78. The molecule has 2 rings (SSSR count). The number of anilines is 1. The summed E-state index contributed by atoms with van der Waals surface area (Å²) in [6.45, 7) is 7.02. The Labute approximate surface area is 213 Å². The van der Waals surface area contributed by atoms with Gasteiger partial charge in [-0.2, -0.15) is 0 Å². The van der Waals surface area contributed by atoms with Gasteiger partial charge in [0.25, 0.3) is 0 Å². The van der Waals surface area contributed by atoms with Crippen LogP contribution in [0.15, 0.2) is 48.5 Å². The first-order valence-electron chi connectivity index (χ1n) is 11.2. The van der Waals surface area contributed by atoms with E-state index in [-0.39, 0.29) is 12.5 Å². The van der Waals surface area contributed by atoms with E-state index in [0.29, 0.717) is 22.9 Å². The Bertz CT molecular complexity index is 1130. The van der Waals surface area contributed by atoms with Crippen molar-refractivity contribution in [2.75, 3.05) is 24.2 Å². The highest BCUT2D eigenvalue weighted by molar-refractivity contribution is 7.92. The molecule has 0 radical (unpaired) electrons. The highest BCUT2D eigenvalue weighted by Crippen LogP contribution is 2.22. The van der Waals surface area contributed by atoms with E-state index in [2.05, 4.69) is 5.32 Å². The SMILES string of the molecule is CC[C@H](C(=O)NC(C)(C)C)N(Cc1cccc(OC)c1)C(=O)CN(c1ccc(Cl)cc1)S(C)(=O)=O. The Balaban J connectivity index is 2.46. The van der Waals surface area contributed by atoms with E-state index >= 15 is 0 Å². The zero-order chi connectivity index (χ0) is 26.4. The Kier molecular flexibility index (Phi) is 9.57. The lowest BCUT2D eigenvalue weighted by molar-refractivity contribution is -0.141. The van der Waals surface area contributed by atoms with E-state index in [1.165, 1.54) is 17.0 Å². The van der Waals surface area contributed by atoms with Crippen LogP contribution in [0.4, 0.5) is 5.69 Å². The fraction of sp³-hybridized carbons (Fsp3) is 0.440. The molecule has 0 aliphatic rings. The van der Waals surface area contributed by atoms with Crippen LogP contribution in [0.3, 0.4) is 0 Å². The van der Waals surface area contributed by atoms with Crippen LogP contribution in [0.1, 0.15) is 39.7 Å². The average molecular weight is 524 g/mol. The van der Waals surface area contributed by atoms with E-state index < -0.39 is 34.1 Å². The second-order valence-electron chi connectivity index (χ2n) is 9.28. The van der Waals surface area contributed by atoms with Crippen LogP contribution in [-0.2, 0) is 26.2 Å². The molecule has 0 bridgehead atoms. The van der Waals surface area contributed by atoms with E-state index in [0.717, 1.165) is 16.1 Å². The highest BCUT2D eigenvalue weighted by atomic mass is 35.5. The van der Waals surface area contributed by atoms with Crippen molar-refractivity contribution in [2.45, 2.75) is 52.2 Å². The van der Waals surface area contributed by atoms with E-state index in [4.69, 9.17) is 16.3 Å². The molecular formula is C25H34ClN3O5S. The molecule has 1 N–H and O–H groups in total. The molecular weight excluding hydrogens is 490 g/mol. The van der Waals surface area contributed by atoms with Crippen molar-refractivity contribution in [3.8, 4) is 5.75 Å². The number of nitrogens with one attached hydrogen (secondary N) is 1. The standard InChI is InChI=1S/C25H34ClN3O5S/c1-7-22(24(31)27-25(2,3)4)28(16-18-9-8-10-21(15-18)34-5)23(30)17-29(35(6,32)33)20-13-11-19(26)12-14-20/h8-15,22H,7,16-17H2,1-6H3,(H,27,31)/t22-/m1/s1. The first-order valence-corrected chi connectivity index (χ1v) is 13.5. The Morgan fingerprint density at radius 3 is 2.26 bits per heavy atom. The molecule has 192 valence electrons. The van der Waals surface area contributed by atoms with Crippen molar-refractivity contribution < 1.29 is 22.7 Å². The monoisotopic (exact) mass is 523 g/mol. The molecule has 10 heteroatoms. The van der Waals surface area contributed by atoms with Crippen LogP contribution in [0.25, 0.3) is 0 Å². The van der Waals surface area contributed by atoms with Crippen LogP contribution in [0, 0.1) is 0 Å². The maximum atomic E-state index is 13.7. The number of hydrogen-bond donors (Lipinski definition) is 1. The van der Waals surface area contributed by atoms with Gasteiger partial charge in [-0.3, -0.25) is 13.9 Å². The molecule has 2 aromatic carbocycles. The molecule has 0 aliphatic heterocycles. The predicted molar refractivity (Wildman–Crippen MR) is 139 cm³/mol. The van der Waals surface area contributed by atoms with Gasteiger partial charge in [-0.25, -0.2) is 8.42 Å². The number of rotatable bonds is 10. The molecule has 0 saturated heterocycles.